The first-order chi connectivity index (χ1) is 13.6. The summed E-state index contributed by atoms with van der Waals surface area (Å²) in [6.07, 6.45) is -0.558. The Balaban J connectivity index is 1.58. The Morgan fingerprint density at radius 2 is 1.43 bits per heavy atom. The molecular formula is C22H21N3O3. The second-order valence-electron chi connectivity index (χ2n) is 6.16. The van der Waals surface area contributed by atoms with Crippen LogP contribution in [0.2, 0.25) is 0 Å². The summed E-state index contributed by atoms with van der Waals surface area (Å²) in [5.41, 5.74) is 3.57. The fourth-order valence-corrected chi connectivity index (χ4v) is 2.52. The topological polar surface area (TPSA) is 79.5 Å². The second kappa shape index (κ2) is 9.23. The van der Waals surface area contributed by atoms with Crippen LogP contribution in [0.25, 0.3) is 0 Å². The van der Waals surface area contributed by atoms with E-state index in [9.17, 15) is 9.59 Å². The van der Waals surface area contributed by atoms with Gasteiger partial charge in [0.25, 0.3) is 0 Å². The molecule has 6 heteroatoms. The van der Waals surface area contributed by atoms with Crippen LogP contribution >= 0.6 is 0 Å². The number of carbonyl (C=O) groups excluding carboxylic acids is 2. The fourth-order valence-electron chi connectivity index (χ4n) is 2.52. The van der Waals surface area contributed by atoms with Crippen LogP contribution in [-0.4, -0.2) is 12.1 Å². The molecule has 0 aliphatic rings. The highest BCUT2D eigenvalue weighted by atomic mass is 16.5. The monoisotopic (exact) mass is 375 g/mol. The van der Waals surface area contributed by atoms with Gasteiger partial charge in [0.2, 0.25) is 0 Å². The normalized spacial score (nSPS) is 10.0. The third-order valence-corrected chi connectivity index (χ3v) is 3.98. The Hall–Kier alpha value is -3.80. The molecule has 3 rings (SSSR count). The molecule has 3 N–H and O–H groups in total. The minimum atomic E-state index is -0.558. The maximum absolute atomic E-state index is 12.1. The van der Waals surface area contributed by atoms with Gasteiger partial charge in [-0.05, 0) is 42.3 Å². The molecule has 0 aliphatic heterocycles. The Kier molecular flexibility index (Phi) is 6.25. The molecule has 3 amide bonds. The quantitative estimate of drug-likeness (QED) is 0.559. The van der Waals surface area contributed by atoms with Gasteiger partial charge in [-0.2, -0.15) is 0 Å². The van der Waals surface area contributed by atoms with E-state index in [-0.39, 0.29) is 12.6 Å². The van der Waals surface area contributed by atoms with Gasteiger partial charge in [-0.1, -0.05) is 54.6 Å². The number of hydrogen-bond acceptors (Lipinski definition) is 3. The van der Waals surface area contributed by atoms with Crippen molar-refractivity contribution in [3.8, 4) is 0 Å². The van der Waals surface area contributed by atoms with Gasteiger partial charge in [-0.25, -0.2) is 9.59 Å². The van der Waals surface area contributed by atoms with E-state index in [1.807, 2.05) is 61.5 Å². The molecule has 0 unspecified atom stereocenters. The van der Waals surface area contributed by atoms with Crippen molar-refractivity contribution >= 4 is 29.2 Å². The van der Waals surface area contributed by atoms with Gasteiger partial charge < -0.3 is 15.4 Å². The molecule has 0 fully saturated rings. The first-order valence-corrected chi connectivity index (χ1v) is 8.81. The van der Waals surface area contributed by atoms with Crippen LogP contribution in [0.4, 0.5) is 26.7 Å². The number of benzene rings is 3. The maximum atomic E-state index is 12.1. The number of aryl methyl sites for hydroxylation is 1. The first kappa shape index (κ1) is 19.0. The molecule has 3 aromatic rings. The summed E-state index contributed by atoms with van der Waals surface area (Å²) in [5, 5.41) is 8.20. The van der Waals surface area contributed by atoms with E-state index in [1.165, 1.54) is 0 Å². The molecule has 0 spiro atoms. The third kappa shape index (κ3) is 5.60. The highest BCUT2D eigenvalue weighted by Crippen LogP contribution is 2.21. The van der Waals surface area contributed by atoms with Crippen molar-refractivity contribution in [1.29, 1.82) is 0 Å². The molecule has 142 valence electrons. The Morgan fingerprint density at radius 1 is 0.786 bits per heavy atom. The van der Waals surface area contributed by atoms with E-state index in [2.05, 4.69) is 16.0 Å². The summed E-state index contributed by atoms with van der Waals surface area (Å²) < 4.78 is 5.24. The van der Waals surface area contributed by atoms with Gasteiger partial charge in [-0.3, -0.25) is 5.32 Å². The SMILES string of the molecule is Cc1ccc(NC(=O)Nc2ccccc2)cc1NC(=O)OCc1ccccc1. The summed E-state index contributed by atoms with van der Waals surface area (Å²) >= 11 is 0. The molecule has 0 aliphatic carbocycles. The number of carbonyl (C=O) groups is 2. The van der Waals surface area contributed by atoms with Gasteiger partial charge >= 0.3 is 12.1 Å². The van der Waals surface area contributed by atoms with Gasteiger partial charge in [0, 0.05) is 17.1 Å². The zero-order valence-corrected chi connectivity index (χ0v) is 15.4. The van der Waals surface area contributed by atoms with Crippen molar-refractivity contribution < 1.29 is 14.3 Å². The van der Waals surface area contributed by atoms with E-state index in [0.29, 0.717) is 17.1 Å². The van der Waals surface area contributed by atoms with E-state index >= 15 is 0 Å². The standard InChI is InChI=1S/C22H21N3O3/c1-16-12-13-19(24-21(26)23-18-10-6-3-7-11-18)14-20(16)25-22(27)28-15-17-8-4-2-5-9-17/h2-14H,15H2,1H3,(H,25,27)(H2,23,24,26). The van der Waals surface area contributed by atoms with Crippen LogP contribution in [0.3, 0.4) is 0 Å². The predicted octanol–water partition coefficient (Wildman–Crippen LogP) is 5.39. The number of rotatable bonds is 5. The zero-order chi connectivity index (χ0) is 19.8. The van der Waals surface area contributed by atoms with E-state index in [4.69, 9.17) is 4.74 Å². The van der Waals surface area contributed by atoms with Crippen LogP contribution < -0.4 is 16.0 Å². The van der Waals surface area contributed by atoms with Crippen LogP contribution in [0, 0.1) is 6.92 Å². The molecule has 0 radical (unpaired) electrons. The molecule has 0 saturated heterocycles. The number of anilines is 3. The van der Waals surface area contributed by atoms with Crippen molar-refractivity contribution in [2.75, 3.05) is 16.0 Å². The summed E-state index contributed by atoms with van der Waals surface area (Å²) in [6.45, 7) is 2.05. The highest BCUT2D eigenvalue weighted by molar-refractivity contribution is 6.00. The minimum absolute atomic E-state index is 0.184. The van der Waals surface area contributed by atoms with Gasteiger partial charge in [0.1, 0.15) is 6.61 Å². The van der Waals surface area contributed by atoms with Gasteiger partial charge in [-0.15, -0.1) is 0 Å². The number of ether oxygens (including phenoxy) is 1. The Labute approximate surface area is 163 Å². The van der Waals surface area contributed by atoms with Crippen molar-refractivity contribution in [2.24, 2.45) is 0 Å². The number of nitrogens with one attached hydrogen (secondary N) is 3. The van der Waals surface area contributed by atoms with Crippen molar-refractivity contribution in [1.82, 2.24) is 0 Å². The average Bonchev–Trinajstić information content (AvgIpc) is 2.70. The largest absolute Gasteiger partial charge is 0.444 e. The van der Waals surface area contributed by atoms with Crippen LogP contribution in [0.5, 0.6) is 0 Å². The van der Waals surface area contributed by atoms with Crippen molar-refractivity contribution in [3.63, 3.8) is 0 Å². The Morgan fingerprint density at radius 3 is 2.14 bits per heavy atom. The molecule has 0 bridgehead atoms. The highest BCUT2D eigenvalue weighted by Gasteiger charge is 2.09. The second-order valence-corrected chi connectivity index (χ2v) is 6.16. The number of amides is 3. The number of para-hydroxylation sites is 1. The van der Waals surface area contributed by atoms with Crippen LogP contribution in [-0.2, 0) is 11.3 Å². The summed E-state index contributed by atoms with van der Waals surface area (Å²) in [5.74, 6) is 0. The van der Waals surface area contributed by atoms with Crippen LogP contribution in [0.1, 0.15) is 11.1 Å². The van der Waals surface area contributed by atoms with E-state index in [1.54, 1.807) is 24.3 Å². The average molecular weight is 375 g/mol. The zero-order valence-electron chi connectivity index (χ0n) is 15.4. The molecule has 0 aromatic heterocycles. The van der Waals surface area contributed by atoms with Gasteiger partial charge in [0.15, 0.2) is 0 Å². The van der Waals surface area contributed by atoms with Crippen LogP contribution in [0.15, 0.2) is 78.9 Å². The summed E-state index contributed by atoms with van der Waals surface area (Å²) in [7, 11) is 0. The van der Waals surface area contributed by atoms with Crippen molar-refractivity contribution in [2.45, 2.75) is 13.5 Å². The van der Waals surface area contributed by atoms with Gasteiger partial charge in [0.05, 0.1) is 0 Å². The third-order valence-electron chi connectivity index (χ3n) is 3.98. The lowest BCUT2D eigenvalue weighted by atomic mass is 10.2. The molecule has 28 heavy (non-hydrogen) atoms. The maximum Gasteiger partial charge on any atom is 0.411 e. The molecule has 0 heterocycles. The lowest BCUT2D eigenvalue weighted by molar-refractivity contribution is 0.155. The lowest BCUT2D eigenvalue weighted by Crippen LogP contribution is -2.20. The Bertz CT molecular complexity index is 944. The smallest absolute Gasteiger partial charge is 0.411 e. The summed E-state index contributed by atoms with van der Waals surface area (Å²) in [4.78, 5) is 24.2. The number of hydrogen-bond donors (Lipinski definition) is 3. The molecule has 6 nitrogen and oxygen atoms in total. The molecular weight excluding hydrogens is 354 g/mol. The van der Waals surface area contributed by atoms with E-state index in [0.717, 1.165) is 11.1 Å². The molecule has 3 aromatic carbocycles. The fraction of sp³-hybridized carbons (Fsp3) is 0.0909. The van der Waals surface area contributed by atoms with E-state index < -0.39 is 6.09 Å². The predicted molar refractivity (Wildman–Crippen MR) is 111 cm³/mol. The molecule has 0 atom stereocenters. The first-order valence-electron chi connectivity index (χ1n) is 8.81. The number of urea groups is 1. The minimum Gasteiger partial charge on any atom is -0.444 e. The molecule has 0 saturated carbocycles. The summed E-state index contributed by atoms with van der Waals surface area (Å²) in [6, 6.07) is 23.5. The van der Waals surface area contributed by atoms with Crippen molar-refractivity contribution in [3.05, 3.63) is 90.0 Å². The lowest BCUT2D eigenvalue weighted by Gasteiger charge is -2.12.